The predicted molar refractivity (Wildman–Crippen MR) is 52.4 cm³/mol. The van der Waals surface area contributed by atoms with E-state index in [-0.39, 0.29) is 5.91 Å². The summed E-state index contributed by atoms with van der Waals surface area (Å²) in [7, 11) is 0. The molecule has 0 spiro atoms. The molecule has 1 aromatic heterocycles. The Morgan fingerprint density at radius 2 is 2.31 bits per heavy atom. The number of allylic oxidation sites excluding steroid dienone is 1. The van der Waals surface area contributed by atoms with Crippen LogP contribution in [0.2, 0.25) is 0 Å². The molecule has 0 fully saturated rings. The van der Waals surface area contributed by atoms with Crippen LogP contribution in [-0.2, 0) is 4.79 Å². The van der Waals surface area contributed by atoms with Crippen LogP contribution in [0.15, 0.2) is 30.5 Å². The molecule has 1 N–H and O–H groups in total. The first-order chi connectivity index (χ1) is 6.22. The maximum atomic E-state index is 11.1. The van der Waals surface area contributed by atoms with Gasteiger partial charge in [0.15, 0.2) is 0 Å². The first kappa shape index (κ1) is 9.45. The number of aryl methyl sites for hydroxylation is 1. The Labute approximate surface area is 77.5 Å². The number of amides is 1. The smallest absolute Gasteiger partial charge is 0.249 e. The van der Waals surface area contributed by atoms with Crippen LogP contribution in [0.5, 0.6) is 0 Å². The molecular weight excluding hydrogens is 164 g/mol. The lowest BCUT2D eigenvalue weighted by molar-refractivity contribution is -0.111. The minimum Gasteiger partial charge on any atom is -0.307 e. The fraction of sp³-hybridized carbons (Fsp3) is 0.200. The molecule has 0 aliphatic carbocycles. The van der Waals surface area contributed by atoms with Gasteiger partial charge in [-0.25, -0.2) is 4.98 Å². The van der Waals surface area contributed by atoms with Crippen molar-refractivity contribution in [2.45, 2.75) is 13.8 Å². The first-order valence-corrected chi connectivity index (χ1v) is 4.08. The maximum absolute atomic E-state index is 11.1. The number of carbonyl (C=O) groups is 1. The molecule has 0 radical (unpaired) electrons. The highest BCUT2D eigenvalue weighted by Gasteiger charge is 1.96. The SMILES string of the molecule is CC=CC(=O)Nc1ccc(C)cn1. The Hall–Kier alpha value is -1.64. The van der Waals surface area contributed by atoms with Gasteiger partial charge in [0.25, 0.3) is 0 Å². The van der Waals surface area contributed by atoms with Crippen LogP contribution in [-0.4, -0.2) is 10.9 Å². The second-order valence-electron chi connectivity index (χ2n) is 2.71. The van der Waals surface area contributed by atoms with E-state index in [4.69, 9.17) is 0 Å². The summed E-state index contributed by atoms with van der Waals surface area (Å²) in [5.41, 5.74) is 1.07. The molecule has 1 rings (SSSR count). The van der Waals surface area contributed by atoms with E-state index >= 15 is 0 Å². The van der Waals surface area contributed by atoms with Gasteiger partial charge < -0.3 is 5.32 Å². The van der Waals surface area contributed by atoms with Crippen molar-refractivity contribution in [2.24, 2.45) is 0 Å². The highest BCUT2D eigenvalue weighted by Crippen LogP contribution is 2.03. The molecule has 0 bridgehead atoms. The number of hydrogen-bond acceptors (Lipinski definition) is 2. The summed E-state index contributed by atoms with van der Waals surface area (Å²) in [6.07, 6.45) is 4.86. The van der Waals surface area contributed by atoms with Crippen LogP contribution >= 0.6 is 0 Å². The Morgan fingerprint density at radius 3 is 2.85 bits per heavy atom. The van der Waals surface area contributed by atoms with Crippen molar-refractivity contribution in [3.63, 3.8) is 0 Å². The molecule has 0 aliphatic rings. The van der Waals surface area contributed by atoms with Crippen LogP contribution in [0.1, 0.15) is 12.5 Å². The largest absolute Gasteiger partial charge is 0.307 e. The molecule has 13 heavy (non-hydrogen) atoms. The van der Waals surface area contributed by atoms with Gasteiger partial charge in [0.1, 0.15) is 5.82 Å². The summed E-state index contributed by atoms with van der Waals surface area (Å²) in [5, 5.41) is 2.63. The lowest BCUT2D eigenvalue weighted by Gasteiger charge is -2.00. The van der Waals surface area contributed by atoms with Gasteiger partial charge in [-0.3, -0.25) is 4.79 Å². The zero-order valence-electron chi connectivity index (χ0n) is 7.74. The van der Waals surface area contributed by atoms with E-state index in [9.17, 15) is 4.79 Å². The molecule has 1 heterocycles. The Balaban J connectivity index is 2.64. The van der Waals surface area contributed by atoms with E-state index in [1.54, 1.807) is 25.3 Å². The fourth-order valence-electron chi connectivity index (χ4n) is 0.861. The van der Waals surface area contributed by atoms with Gasteiger partial charge in [0.05, 0.1) is 0 Å². The van der Waals surface area contributed by atoms with Gasteiger partial charge in [-0.1, -0.05) is 12.1 Å². The number of anilines is 1. The van der Waals surface area contributed by atoms with Crippen molar-refractivity contribution in [3.8, 4) is 0 Å². The normalized spacial score (nSPS) is 10.3. The number of aromatic nitrogens is 1. The van der Waals surface area contributed by atoms with Crippen molar-refractivity contribution in [1.82, 2.24) is 4.98 Å². The second kappa shape index (κ2) is 4.40. The summed E-state index contributed by atoms with van der Waals surface area (Å²) < 4.78 is 0. The topological polar surface area (TPSA) is 42.0 Å². The number of pyridine rings is 1. The summed E-state index contributed by atoms with van der Waals surface area (Å²) in [5.74, 6) is 0.424. The summed E-state index contributed by atoms with van der Waals surface area (Å²) in [6, 6.07) is 3.68. The summed E-state index contributed by atoms with van der Waals surface area (Å²) in [6.45, 7) is 3.74. The van der Waals surface area contributed by atoms with Gasteiger partial charge in [0.2, 0.25) is 5.91 Å². The minimum absolute atomic E-state index is 0.154. The minimum atomic E-state index is -0.154. The van der Waals surface area contributed by atoms with Crippen molar-refractivity contribution in [1.29, 1.82) is 0 Å². The number of carbonyl (C=O) groups excluding carboxylic acids is 1. The van der Waals surface area contributed by atoms with Crippen LogP contribution < -0.4 is 5.32 Å². The van der Waals surface area contributed by atoms with E-state index in [1.807, 2.05) is 13.0 Å². The molecule has 0 saturated heterocycles. The lowest BCUT2D eigenvalue weighted by Crippen LogP contribution is -2.08. The third-order valence-electron chi connectivity index (χ3n) is 1.48. The molecule has 3 nitrogen and oxygen atoms in total. The second-order valence-corrected chi connectivity index (χ2v) is 2.71. The van der Waals surface area contributed by atoms with E-state index in [0.29, 0.717) is 5.82 Å². The zero-order chi connectivity index (χ0) is 9.68. The van der Waals surface area contributed by atoms with Crippen molar-refractivity contribution in [3.05, 3.63) is 36.0 Å². The third-order valence-corrected chi connectivity index (χ3v) is 1.48. The zero-order valence-corrected chi connectivity index (χ0v) is 7.74. The molecule has 3 heteroatoms. The maximum Gasteiger partial charge on any atom is 0.249 e. The summed E-state index contributed by atoms with van der Waals surface area (Å²) >= 11 is 0. The molecule has 0 aliphatic heterocycles. The first-order valence-electron chi connectivity index (χ1n) is 4.08. The summed E-state index contributed by atoms with van der Waals surface area (Å²) in [4.78, 5) is 15.1. The van der Waals surface area contributed by atoms with Crippen LogP contribution in [0.3, 0.4) is 0 Å². The molecule has 0 aromatic carbocycles. The van der Waals surface area contributed by atoms with Crippen molar-refractivity contribution in [2.75, 3.05) is 5.32 Å². The van der Waals surface area contributed by atoms with Gasteiger partial charge in [-0.15, -0.1) is 0 Å². The molecule has 68 valence electrons. The standard InChI is InChI=1S/C10H12N2O/c1-3-4-10(13)12-9-6-5-8(2)7-11-9/h3-7H,1-2H3,(H,11,12,13). The van der Waals surface area contributed by atoms with Crippen molar-refractivity contribution >= 4 is 11.7 Å². The van der Waals surface area contributed by atoms with Crippen LogP contribution in [0, 0.1) is 6.92 Å². The Kier molecular flexibility index (Phi) is 3.20. The number of rotatable bonds is 2. The molecule has 0 unspecified atom stereocenters. The lowest BCUT2D eigenvalue weighted by atomic mass is 10.3. The monoisotopic (exact) mass is 176 g/mol. The van der Waals surface area contributed by atoms with E-state index in [0.717, 1.165) is 5.56 Å². The van der Waals surface area contributed by atoms with Gasteiger partial charge in [-0.2, -0.15) is 0 Å². The quantitative estimate of drug-likeness (QED) is 0.699. The fourth-order valence-corrected chi connectivity index (χ4v) is 0.861. The molecule has 1 aromatic rings. The molecular formula is C10H12N2O. The van der Waals surface area contributed by atoms with Gasteiger partial charge >= 0.3 is 0 Å². The van der Waals surface area contributed by atoms with Crippen molar-refractivity contribution < 1.29 is 4.79 Å². The molecule has 1 amide bonds. The predicted octanol–water partition coefficient (Wildman–Crippen LogP) is 1.90. The van der Waals surface area contributed by atoms with Crippen LogP contribution in [0.4, 0.5) is 5.82 Å². The van der Waals surface area contributed by atoms with E-state index in [2.05, 4.69) is 10.3 Å². The Bertz CT molecular complexity index is 314. The Morgan fingerprint density at radius 1 is 1.54 bits per heavy atom. The number of nitrogens with zero attached hydrogens (tertiary/aromatic N) is 1. The number of hydrogen-bond donors (Lipinski definition) is 1. The van der Waals surface area contributed by atoms with Crippen LogP contribution in [0.25, 0.3) is 0 Å². The average Bonchev–Trinajstić information content (AvgIpc) is 2.09. The van der Waals surface area contributed by atoms with Gasteiger partial charge in [0, 0.05) is 6.20 Å². The third kappa shape index (κ3) is 3.07. The average molecular weight is 176 g/mol. The van der Waals surface area contributed by atoms with E-state index < -0.39 is 0 Å². The van der Waals surface area contributed by atoms with E-state index in [1.165, 1.54) is 6.08 Å². The highest BCUT2D eigenvalue weighted by atomic mass is 16.1. The molecule has 0 atom stereocenters. The molecule has 0 saturated carbocycles. The number of nitrogens with one attached hydrogen (secondary N) is 1. The highest BCUT2D eigenvalue weighted by molar-refractivity contribution is 5.98. The van der Waals surface area contributed by atoms with Gasteiger partial charge in [-0.05, 0) is 31.6 Å².